The van der Waals surface area contributed by atoms with E-state index in [4.69, 9.17) is 5.11 Å². The maximum atomic E-state index is 12.2. The number of imide groups is 1. The van der Waals surface area contributed by atoms with Gasteiger partial charge < -0.3 is 10.2 Å². The number of fused-ring (bicyclic) bond motifs is 1. The predicted octanol–water partition coefficient (Wildman–Crippen LogP) is 0.974. The van der Waals surface area contributed by atoms with Gasteiger partial charge in [0.25, 0.3) is 11.8 Å². The van der Waals surface area contributed by atoms with Crippen molar-refractivity contribution in [3.05, 3.63) is 35.4 Å². The molecule has 2 N–H and O–H groups in total. The van der Waals surface area contributed by atoms with E-state index in [1.165, 1.54) is 12.1 Å². The van der Waals surface area contributed by atoms with Crippen molar-refractivity contribution >= 4 is 39.7 Å². The van der Waals surface area contributed by atoms with Crippen LogP contribution in [0.2, 0.25) is 0 Å². The van der Waals surface area contributed by atoms with Crippen LogP contribution in [0.5, 0.6) is 0 Å². The van der Waals surface area contributed by atoms with Gasteiger partial charge in [0, 0.05) is 6.42 Å². The van der Waals surface area contributed by atoms with E-state index in [-0.39, 0.29) is 11.1 Å². The molecule has 1 aliphatic heterocycles. The lowest BCUT2D eigenvalue weighted by molar-refractivity contribution is -0.142. The average molecular weight is 356 g/mol. The van der Waals surface area contributed by atoms with Crippen molar-refractivity contribution in [2.24, 2.45) is 0 Å². The second kappa shape index (κ2) is 5.65. The number of aliphatic carboxylic acids is 2. The van der Waals surface area contributed by atoms with E-state index in [2.05, 4.69) is 15.9 Å². The summed E-state index contributed by atoms with van der Waals surface area (Å²) in [6, 6.07) is 4.44. The van der Waals surface area contributed by atoms with E-state index in [0.717, 1.165) is 0 Å². The zero-order chi connectivity index (χ0) is 15.7. The number of hydrogen-bond acceptors (Lipinski definition) is 4. The molecule has 2 amide bonds. The Morgan fingerprint density at radius 3 is 1.90 bits per heavy atom. The fourth-order valence-electron chi connectivity index (χ4n) is 2.10. The van der Waals surface area contributed by atoms with Crippen molar-refractivity contribution < 1.29 is 29.4 Å². The number of halogens is 1. The Morgan fingerprint density at radius 2 is 1.52 bits per heavy atom. The third-order valence-corrected chi connectivity index (χ3v) is 3.89. The Kier molecular flexibility index (Phi) is 4.08. The highest BCUT2D eigenvalue weighted by Crippen LogP contribution is 2.27. The maximum absolute atomic E-state index is 12.2. The van der Waals surface area contributed by atoms with Crippen LogP contribution >= 0.6 is 15.9 Å². The Bertz CT molecular complexity index is 608. The van der Waals surface area contributed by atoms with E-state index >= 15 is 0 Å². The number of carboxylic acid groups (broad SMARTS) is 2. The smallest absolute Gasteiger partial charge is 0.327 e. The fourth-order valence-corrected chi connectivity index (χ4v) is 2.46. The first-order chi connectivity index (χ1) is 9.84. The van der Waals surface area contributed by atoms with Crippen molar-refractivity contribution in [3.8, 4) is 0 Å². The topological polar surface area (TPSA) is 112 Å². The molecule has 0 aliphatic carbocycles. The lowest BCUT2D eigenvalue weighted by atomic mass is 10.1. The molecule has 0 radical (unpaired) electrons. The molecule has 2 atom stereocenters. The summed E-state index contributed by atoms with van der Waals surface area (Å²) in [6.07, 6.45) is -0.421. The summed E-state index contributed by atoms with van der Waals surface area (Å²) in [5.41, 5.74) is 0.241. The maximum Gasteiger partial charge on any atom is 0.327 e. The predicted molar refractivity (Wildman–Crippen MR) is 73.3 cm³/mol. The molecule has 110 valence electrons. The molecule has 0 saturated carbocycles. The number of benzene rings is 1. The molecule has 8 heteroatoms. The average Bonchev–Trinajstić information content (AvgIpc) is 2.68. The first kappa shape index (κ1) is 15.2. The second-order valence-corrected chi connectivity index (χ2v) is 5.53. The minimum absolute atomic E-state index is 0.121. The number of carbonyl (C=O) groups excluding carboxylic acids is 2. The van der Waals surface area contributed by atoms with Gasteiger partial charge in [-0.3, -0.25) is 19.3 Å². The van der Waals surface area contributed by atoms with Crippen molar-refractivity contribution in [1.29, 1.82) is 0 Å². The van der Waals surface area contributed by atoms with Crippen LogP contribution in [0.25, 0.3) is 0 Å². The molecule has 1 heterocycles. The van der Waals surface area contributed by atoms with E-state index < -0.39 is 41.0 Å². The molecule has 0 saturated heterocycles. The molecule has 0 aromatic heterocycles. The molecule has 0 spiro atoms. The summed E-state index contributed by atoms with van der Waals surface area (Å²) < 4.78 is 0. The number of carbonyl (C=O) groups is 4. The van der Waals surface area contributed by atoms with Crippen molar-refractivity contribution in [1.82, 2.24) is 4.90 Å². The van der Waals surface area contributed by atoms with Crippen molar-refractivity contribution in [2.75, 3.05) is 0 Å². The highest BCUT2D eigenvalue weighted by Gasteiger charge is 2.43. The van der Waals surface area contributed by atoms with Gasteiger partial charge in [0.15, 0.2) is 0 Å². The summed E-state index contributed by atoms with van der Waals surface area (Å²) >= 11 is 2.82. The number of alkyl halides is 1. The van der Waals surface area contributed by atoms with E-state index in [1.807, 2.05) is 0 Å². The Balaban J connectivity index is 2.35. The quantitative estimate of drug-likeness (QED) is 0.601. The minimum Gasteiger partial charge on any atom is -0.480 e. The van der Waals surface area contributed by atoms with Gasteiger partial charge in [0.1, 0.15) is 10.9 Å². The standard InChI is InChI=1S/C13H10BrNO6/c14-8(12(18)19)5-9(13(20)21)15-10(16)6-3-1-2-4-7(6)11(15)17/h1-4,8-9H,5H2,(H,18,19)(H,20,21)/t8-,9-/m0/s1. The molecule has 7 nitrogen and oxygen atoms in total. The molecule has 1 aliphatic rings. The summed E-state index contributed by atoms with van der Waals surface area (Å²) in [5, 5.41) is 18.1. The summed E-state index contributed by atoms with van der Waals surface area (Å²) in [7, 11) is 0. The van der Waals surface area contributed by atoms with Crippen LogP contribution in [0, 0.1) is 0 Å². The van der Waals surface area contributed by atoms with Crippen LogP contribution in [-0.4, -0.2) is 49.7 Å². The molecule has 1 aromatic rings. The van der Waals surface area contributed by atoms with E-state index in [9.17, 15) is 24.3 Å². The molecule has 0 bridgehead atoms. The zero-order valence-corrected chi connectivity index (χ0v) is 12.1. The largest absolute Gasteiger partial charge is 0.480 e. The highest BCUT2D eigenvalue weighted by molar-refractivity contribution is 9.10. The molecule has 0 fully saturated rings. The number of amides is 2. The van der Waals surface area contributed by atoms with Crippen LogP contribution in [0.15, 0.2) is 24.3 Å². The number of hydrogen-bond donors (Lipinski definition) is 2. The van der Waals surface area contributed by atoms with Crippen LogP contribution in [0.4, 0.5) is 0 Å². The van der Waals surface area contributed by atoms with Gasteiger partial charge in [-0.05, 0) is 12.1 Å². The SMILES string of the molecule is O=C(O)[C@@H](Br)C[C@@H](C(=O)O)N1C(=O)c2ccccc2C1=O. The number of carboxylic acids is 2. The molecule has 21 heavy (non-hydrogen) atoms. The minimum atomic E-state index is -1.54. The Morgan fingerprint density at radius 1 is 1.05 bits per heavy atom. The lowest BCUT2D eigenvalue weighted by Crippen LogP contribution is -2.46. The van der Waals surface area contributed by atoms with Gasteiger partial charge in [0.05, 0.1) is 11.1 Å². The van der Waals surface area contributed by atoms with Gasteiger partial charge in [-0.25, -0.2) is 4.79 Å². The third kappa shape index (κ3) is 2.66. The number of rotatable bonds is 5. The Labute approximate surface area is 127 Å². The molecular weight excluding hydrogens is 346 g/mol. The first-order valence-electron chi connectivity index (χ1n) is 5.91. The summed E-state index contributed by atoms with van der Waals surface area (Å²) in [5.74, 6) is -4.16. The van der Waals surface area contributed by atoms with Gasteiger partial charge >= 0.3 is 11.9 Å². The summed E-state index contributed by atoms with van der Waals surface area (Å²) in [4.78, 5) is 45.9. The Hall–Kier alpha value is -2.22. The van der Waals surface area contributed by atoms with Crippen molar-refractivity contribution in [2.45, 2.75) is 17.3 Å². The summed E-state index contributed by atoms with van der Waals surface area (Å²) in [6.45, 7) is 0. The van der Waals surface area contributed by atoms with E-state index in [1.54, 1.807) is 12.1 Å². The van der Waals surface area contributed by atoms with Crippen molar-refractivity contribution in [3.63, 3.8) is 0 Å². The molecule has 1 aromatic carbocycles. The van der Waals surface area contributed by atoms with Gasteiger partial charge in [0.2, 0.25) is 0 Å². The normalized spacial score (nSPS) is 16.5. The number of nitrogens with zero attached hydrogens (tertiary/aromatic N) is 1. The molecular formula is C13H10BrNO6. The first-order valence-corrected chi connectivity index (χ1v) is 6.82. The fraction of sp³-hybridized carbons (Fsp3) is 0.231. The molecule has 2 rings (SSSR count). The van der Waals surface area contributed by atoms with Gasteiger partial charge in [-0.1, -0.05) is 28.1 Å². The van der Waals surface area contributed by atoms with Gasteiger partial charge in [-0.2, -0.15) is 0 Å². The third-order valence-electron chi connectivity index (χ3n) is 3.12. The van der Waals surface area contributed by atoms with Crippen LogP contribution in [0.1, 0.15) is 27.1 Å². The van der Waals surface area contributed by atoms with Crippen LogP contribution < -0.4 is 0 Å². The van der Waals surface area contributed by atoms with Crippen LogP contribution in [-0.2, 0) is 9.59 Å². The zero-order valence-electron chi connectivity index (χ0n) is 10.5. The highest BCUT2D eigenvalue weighted by atomic mass is 79.9. The lowest BCUT2D eigenvalue weighted by Gasteiger charge is -2.23. The van der Waals surface area contributed by atoms with Crippen LogP contribution in [0.3, 0.4) is 0 Å². The monoisotopic (exact) mass is 355 g/mol. The van der Waals surface area contributed by atoms with E-state index in [0.29, 0.717) is 4.90 Å². The van der Waals surface area contributed by atoms with Gasteiger partial charge in [-0.15, -0.1) is 0 Å². The molecule has 0 unspecified atom stereocenters. The second-order valence-electron chi connectivity index (χ2n) is 4.42.